The van der Waals surface area contributed by atoms with E-state index in [-0.39, 0.29) is 17.8 Å². The molecule has 3 aromatic rings. The fourth-order valence-electron chi connectivity index (χ4n) is 3.87. The molecule has 0 saturated heterocycles. The van der Waals surface area contributed by atoms with Crippen molar-refractivity contribution in [2.45, 2.75) is 65.0 Å². The van der Waals surface area contributed by atoms with Gasteiger partial charge in [-0.1, -0.05) is 53.5 Å². The Morgan fingerprint density at radius 2 is 1.85 bits per heavy atom. The summed E-state index contributed by atoms with van der Waals surface area (Å²) in [5, 5.41) is 13.4. The molecule has 0 bridgehead atoms. The number of esters is 1. The Balaban J connectivity index is 1.91. The molecule has 0 radical (unpaired) electrons. The number of halogens is 1. The van der Waals surface area contributed by atoms with Gasteiger partial charge in [0.1, 0.15) is 11.4 Å². The number of hydrogen-bond donors (Lipinski definition) is 0. The third kappa shape index (κ3) is 7.38. The van der Waals surface area contributed by atoms with Gasteiger partial charge in [0.15, 0.2) is 5.82 Å². The van der Waals surface area contributed by atoms with E-state index in [1.54, 1.807) is 11.9 Å². The molecule has 0 amide bonds. The molecule has 1 heterocycles. The van der Waals surface area contributed by atoms with Crippen LogP contribution in [0.1, 0.15) is 63.4 Å². The summed E-state index contributed by atoms with van der Waals surface area (Å²) < 4.78 is 12.0. The minimum atomic E-state index is -0.567. The molecule has 0 spiro atoms. The Morgan fingerprint density at radius 3 is 2.47 bits per heavy atom. The second-order valence-corrected chi connectivity index (χ2v) is 10.3. The van der Waals surface area contributed by atoms with E-state index >= 15 is 0 Å². The highest BCUT2D eigenvalue weighted by atomic mass is 79.9. The van der Waals surface area contributed by atoms with Crippen molar-refractivity contribution in [1.82, 2.24) is 20.2 Å². The van der Waals surface area contributed by atoms with Crippen LogP contribution in [0.3, 0.4) is 0 Å². The van der Waals surface area contributed by atoms with Crippen molar-refractivity contribution in [2.24, 2.45) is 5.92 Å². The Kier molecular flexibility index (Phi) is 8.83. The predicted molar refractivity (Wildman–Crippen MR) is 135 cm³/mol. The summed E-state index contributed by atoms with van der Waals surface area (Å²) in [6.07, 6.45) is 2.14. The molecule has 3 rings (SSSR count). The smallest absolute Gasteiger partial charge is 0.310 e. The standard InChI is InChI=1S/C26H33BrN4O3/c1-6-8-22(25(32)34-26(2,3)4)23(16-19-9-7-10-20(27)15-19)24-28-30-31(29-24)17-18-11-13-21(33-5)14-12-18/h7,9-15,22-23H,6,8,16-17H2,1-5H3. The van der Waals surface area contributed by atoms with Gasteiger partial charge >= 0.3 is 5.97 Å². The van der Waals surface area contributed by atoms with Crippen molar-refractivity contribution in [3.8, 4) is 5.75 Å². The van der Waals surface area contributed by atoms with Crippen LogP contribution < -0.4 is 4.74 Å². The Labute approximate surface area is 210 Å². The monoisotopic (exact) mass is 528 g/mol. The van der Waals surface area contributed by atoms with Crippen molar-refractivity contribution in [2.75, 3.05) is 7.11 Å². The number of carbonyl (C=O) groups is 1. The fourth-order valence-corrected chi connectivity index (χ4v) is 4.32. The quantitative estimate of drug-likeness (QED) is 0.319. The number of tetrazole rings is 1. The topological polar surface area (TPSA) is 79.1 Å². The van der Waals surface area contributed by atoms with E-state index in [4.69, 9.17) is 14.6 Å². The molecule has 182 valence electrons. The van der Waals surface area contributed by atoms with E-state index < -0.39 is 5.60 Å². The highest BCUT2D eigenvalue weighted by Crippen LogP contribution is 2.32. The lowest BCUT2D eigenvalue weighted by atomic mass is 9.83. The molecule has 0 fully saturated rings. The lowest BCUT2D eigenvalue weighted by molar-refractivity contribution is -0.161. The van der Waals surface area contributed by atoms with Gasteiger partial charge in [-0.05, 0) is 74.2 Å². The molecule has 1 aromatic heterocycles. The number of rotatable bonds is 10. The number of benzene rings is 2. The Hall–Kier alpha value is -2.74. The molecule has 0 N–H and O–H groups in total. The highest BCUT2D eigenvalue weighted by molar-refractivity contribution is 9.10. The minimum absolute atomic E-state index is 0.221. The SMILES string of the molecule is CCCC(C(=O)OC(C)(C)C)C(Cc1cccc(Br)c1)c1nnn(Cc2ccc(OC)cc2)n1. The van der Waals surface area contributed by atoms with Crippen molar-refractivity contribution in [3.05, 3.63) is 70.0 Å². The third-order valence-electron chi connectivity index (χ3n) is 5.42. The minimum Gasteiger partial charge on any atom is -0.497 e. The molecule has 0 aliphatic heterocycles. The first-order valence-electron chi connectivity index (χ1n) is 11.6. The second kappa shape index (κ2) is 11.6. The largest absolute Gasteiger partial charge is 0.497 e. The number of methoxy groups -OCH3 is 1. The van der Waals surface area contributed by atoms with Gasteiger partial charge in [0.05, 0.1) is 19.6 Å². The van der Waals surface area contributed by atoms with Gasteiger partial charge in [-0.15, -0.1) is 10.2 Å². The number of ether oxygens (including phenoxy) is 2. The van der Waals surface area contributed by atoms with Crippen LogP contribution in [0.15, 0.2) is 53.0 Å². The molecule has 2 unspecified atom stereocenters. The summed E-state index contributed by atoms with van der Waals surface area (Å²) in [5.41, 5.74) is 1.56. The Bertz CT molecular complexity index is 1080. The summed E-state index contributed by atoms with van der Waals surface area (Å²) in [5.74, 6) is 0.499. The summed E-state index contributed by atoms with van der Waals surface area (Å²) in [6, 6.07) is 15.9. The molecule has 0 saturated carbocycles. The number of carbonyl (C=O) groups excluding carboxylic acids is 1. The first-order valence-corrected chi connectivity index (χ1v) is 12.4. The molecule has 7 nitrogen and oxygen atoms in total. The van der Waals surface area contributed by atoms with E-state index in [2.05, 4.69) is 45.3 Å². The van der Waals surface area contributed by atoms with Gasteiger partial charge in [-0.2, -0.15) is 4.80 Å². The number of hydrogen-bond acceptors (Lipinski definition) is 6. The molecule has 0 aliphatic carbocycles. The maximum absolute atomic E-state index is 13.3. The van der Waals surface area contributed by atoms with Gasteiger partial charge in [0, 0.05) is 10.4 Å². The molecule has 2 atom stereocenters. The van der Waals surface area contributed by atoms with E-state index in [9.17, 15) is 4.79 Å². The van der Waals surface area contributed by atoms with E-state index in [0.717, 1.165) is 27.8 Å². The zero-order valence-corrected chi connectivity index (χ0v) is 22.1. The Morgan fingerprint density at radius 1 is 1.12 bits per heavy atom. The molecular weight excluding hydrogens is 496 g/mol. The highest BCUT2D eigenvalue weighted by Gasteiger charge is 2.35. The molecule has 2 aromatic carbocycles. The average Bonchev–Trinajstić information content (AvgIpc) is 3.23. The van der Waals surface area contributed by atoms with E-state index in [1.165, 1.54) is 0 Å². The zero-order chi connectivity index (χ0) is 24.7. The van der Waals surface area contributed by atoms with Crippen molar-refractivity contribution >= 4 is 21.9 Å². The predicted octanol–water partition coefficient (Wildman–Crippen LogP) is 5.58. The van der Waals surface area contributed by atoms with Crippen molar-refractivity contribution in [1.29, 1.82) is 0 Å². The van der Waals surface area contributed by atoms with Gasteiger partial charge in [0.25, 0.3) is 0 Å². The second-order valence-electron chi connectivity index (χ2n) is 9.40. The molecule has 0 aliphatic rings. The summed E-state index contributed by atoms with van der Waals surface area (Å²) in [7, 11) is 1.64. The van der Waals surface area contributed by atoms with E-state index in [0.29, 0.717) is 25.2 Å². The fraction of sp³-hybridized carbons (Fsp3) is 0.462. The van der Waals surface area contributed by atoms with Crippen molar-refractivity contribution < 1.29 is 14.3 Å². The van der Waals surface area contributed by atoms with Crippen LogP contribution in [0.25, 0.3) is 0 Å². The first-order chi connectivity index (χ1) is 16.2. The maximum Gasteiger partial charge on any atom is 0.310 e. The van der Waals surface area contributed by atoms with Crippen LogP contribution in [0.5, 0.6) is 5.75 Å². The van der Waals surface area contributed by atoms with Crippen LogP contribution in [0.4, 0.5) is 0 Å². The number of aromatic nitrogens is 4. The zero-order valence-electron chi connectivity index (χ0n) is 20.5. The van der Waals surface area contributed by atoms with E-state index in [1.807, 2.05) is 57.2 Å². The van der Waals surface area contributed by atoms with Gasteiger partial charge in [0.2, 0.25) is 0 Å². The average molecular weight is 529 g/mol. The molecule has 8 heteroatoms. The normalized spacial score (nSPS) is 13.4. The molecular formula is C26H33BrN4O3. The van der Waals surface area contributed by atoms with Crippen molar-refractivity contribution in [3.63, 3.8) is 0 Å². The van der Waals surface area contributed by atoms with Gasteiger partial charge < -0.3 is 9.47 Å². The van der Waals surface area contributed by atoms with Crippen LogP contribution in [0.2, 0.25) is 0 Å². The maximum atomic E-state index is 13.3. The summed E-state index contributed by atoms with van der Waals surface area (Å²) in [6.45, 7) is 8.22. The van der Waals surface area contributed by atoms with Crippen LogP contribution in [0, 0.1) is 5.92 Å². The number of nitrogens with zero attached hydrogens (tertiary/aromatic N) is 4. The summed E-state index contributed by atoms with van der Waals surface area (Å²) in [4.78, 5) is 14.8. The third-order valence-corrected chi connectivity index (χ3v) is 5.92. The lowest BCUT2D eigenvalue weighted by Gasteiger charge is -2.28. The summed E-state index contributed by atoms with van der Waals surface area (Å²) >= 11 is 3.55. The van der Waals surface area contributed by atoms with Crippen LogP contribution in [-0.4, -0.2) is 38.9 Å². The van der Waals surface area contributed by atoms with Gasteiger partial charge in [-0.3, -0.25) is 4.79 Å². The van der Waals surface area contributed by atoms with Crippen LogP contribution >= 0.6 is 15.9 Å². The first kappa shape index (κ1) is 25.9. The van der Waals surface area contributed by atoms with Gasteiger partial charge in [-0.25, -0.2) is 0 Å². The van der Waals surface area contributed by atoms with Crippen LogP contribution in [-0.2, 0) is 22.5 Å². The molecule has 34 heavy (non-hydrogen) atoms. The lowest BCUT2D eigenvalue weighted by Crippen LogP contribution is -2.33.